The van der Waals surface area contributed by atoms with Gasteiger partial charge in [0, 0.05) is 13.5 Å². The van der Waals surface area contributed by atoms with E-state index in [0.717, 1.165) is 5.76 Å². The van der Waals surface area contributed by atoms with E-state index in [1.54, 1.807) is 7.11 Å². The summed E-state index contributed by atoms with van der Waals surface area (Å²) in [6, 6.07) is 0. The van der Waals surface area contributed by atoms with Crippen molar-refractivity contribution in [2.24, 2.45) is 0 Å². The highest BCUT2D eigenvalue weighted by Gasteiger charge is 2.30. The maximum absolute atomic E-state index is 11.2. The molecule has 0 saturated heterocycles. The van der Waals surface area contributed by atoms with Crippen LogP contribution in [0, 0.1) is 0 Å². The number of carbonyl (C=O) groups is 1. The fraction of sp³-hybridized carbons (Fsp3) is 0.625. The van der Waals surface area contributed by atoms with E-state index in [0.29, 0.717) is 23.7 Å². The maximum atomic E-state index is 11.2. The summed E-state index contributed by atoms with van der Waals surface area (Å²) in [5, 5.41) is 0. The van der Waals surface area contributed by atoms with E-state index in [1.165, 1.54) is 11.8 Å². The van der Waals surface area contributed by atoms with Gasteiger partial charge in [-0.1, -0.05) is 0 Å². The van der Waals surface area contributed by atoms with Crippen LogP contribution in [0.1, 0.15) is 6.42 Å². The number of thioether (sulfide) groups is 1. The van der Waals surface area contributed by atoms with Gasteiger partial charge in [-0.2, -0.15) is 0 Å². The van der Waals surface area contributed by atoms with Crippen LogP contribution in [0.15, 0.2) is 10.7 Å². The van der Waals surface area contributed by atoms with Gasteiger partial charge in [0.1, 0.15) is 10.7 Å². The van der Waals surface area contributed by atoms with Crippen molar-refractivity contribution < 1.29 is 19.0 Å². The lowest BCUT2D eigenvalue weighted by Gasteiger charge is -2.28. The monoisotopic (exact) mass is 202 g/mol. The van der Waals surface area contributed by atoms with Crippen molar-refractivity contribution in [1.82, 2.24) is 0 Å². The zero-order valence-corrected chi connectivity index (χ0v) is 8.06. The van der Waals surface area contributed by atoms with Gasteiger partial charge in [-0.15, -0.1) is 11.8 Å². The molecule has 72 valence electrons. The molecule has 0 aromatic carbocycles. The lowest BCUT2D eigenvalue weighted by atomic mass is 10.3. The van der Waals surface area contributed by atoms with Crippen molar-refractivity contribution in [2.75, 3.05) is 19.5 Å². The van der Waals surface area contributed by atoms with Crippen LogP contribution in [-0.4, -0.2) is 31.7 Å². The minimum Gasteiger partial charge on any atom is -0.467 e. The van der Waals surface area contributed by atoms with Gasteiger partial charge in [-0.25, -0.2) is 4.79 Å². The predicted octanol–water partition coefficient (Wildman–Crippen LogP) is 0.881. The number of methoxy groups -OCH3 is 1. The van der Waals surface area contributed by atoms with E-state index in [-0.39, 0.29) is 12.3 Å². The molecule has 0 saturated carbocycles. The Labute approximate surface area is 80.2 Å². The normalized spacial score (nSPS) is 27.8. The van der Waals surface area contributed by atoms with Crippen molar-refractivity contribution in [2.45, 2.75) is 12.7 Å². The highest BCUT2D eigenvalue weighted by molar-refractivity contribution is 8.04. The topological polar surface area (TPSA) is 44.8 Å². The number of rotatable bonds is 1. The van der Waals surface area contributed by atoms with E-state index in [4.69, 9.17) is 14.2 Å². The molecule has 1 atom stereocenters. The first kappa shape index (κ1) is 8.90. The summed E-state index contributed by atoms with van der Waals surface area (Å²) in [4.78, 5) is 11.8. The van der Waals surface area contributed by atoms with Gasteiger partial charge in [0.2, 0.25) is 6.29 Å². The second-order valence-electron chi connectivity index (χ2n) is 2.73. The minimum absolute atomic E-state index is 0.227. The number of hydrogen-bond donors (Lipinski definition) is 0. The first-order valence-corrected chi connectivity index (χ1v) is 5.02. The first-order chi connectivity index (χ1) is 6.31. The van der Waals surface area contributed by atoms with Gasteiger partial charge < -0.3 is 14.2 Å². The molecule has 13 heavy (non-hydrogen) atoms. The molecule has 0 aliphatic carbocycles. The van der Waals surface area contributed by atoms with E-state index in [2.05, 4.69) is 0 Å². The molecule has 4 nitrogen and oxygen atoms in total. The van der Waals surface area contributed by atoms with Gasteiger partial charge >= 0.3 is 5.97 Å². The zero-order valence-electron chi connectivity index (χ0n) is 7.24. The molecule has 2 aliphatic heterocycles. The lowest BCUT2D eigenvalue weighted by Crippen LogP contribution is -2.28. The fourth-order valence-electron chi connectivity index (χ4n) is 1.24. The molecule has 0 aromatic heterocycles. The van der Waals surface area contributed by atoms with Crippen LogP contribution in [0.2, 0.25) is 0 Å². The van der Waals surface area contributed by atoms with Crippen LogP contribution in [0.5, 0.6) is 0 Å². The highest BCUT2D eigenvalue weighted by atomic mass is 32.2. The van der Waals surface area contributed by atoms with Gasteiger partial charge in [0.25, 0.3) is 0 Å². The zero-order chi connectivity index (χ0) is 9.26. The van der Waals surface area contributed by atoms with Crippen LogP contribution in [0.25, 0.3) is 0 Å². The molecule has 2 rings (SSSR count). The Kier molecular flexibility index (Phi) is 2.46. The van der Waals surface area contributed by atoms with E-state index >= 15 is 0 Å². The Hall–Kier alpha value is -0.680. The quantitative estimate of drug-likeness (QED) is 0.591. The molecule has 0 radical (unpaired) electrons. The number of hydrogen-bond acceptors (Lipinski definition) is 5. The molecule has 0 bridgehead atoms. The number of cyclic esters (lactones) is 1. The highest BCUT2D eigenvalue weighted by Crippen LogP contribution is 2.34. The summed E-state index contributed by atoms with van der Waals surface area (Å²) >= 11 is 1.44. The third-order valence-electron chi connectivity index (χ3n) is 1.90. The smallest absolute Gasteiger partial charge is 0.348 e. The minimum atomic E-state index is -0.263. The Bertz CT molecular complexity index is 261. The van der Waals surface area contributed by atoms with Crippen LogP contribution in [0.4, 0.5) is 0 Å². The van der Waals surface area contributed by atoms with Crippen molar-refractivity contribution in [3.05, 3.63) is 10.7 Å². The molecule has 0 amide bonds. The summed E-state index contributed by atoms with van der Waals surface area (Å²) in [6.07, 6.45) is 0.433. The summed E-state index contributed by atoms with van der Waals surface area (Å²) in [7, 11) is 1.60. The van der Waals surface area contributed by atoms with Crippen molar-refractivity contribution >= 4 is 17.7 Å². The van der Waals surface area contributed by atoms with Crippen molar-refractivity contribution in [3.63, 3.8) is 0 Å². The van der Waals surface area contributed by atoms with Crippen LogP contribution in [-0.2, 0) is 19.0 Å². The lowest BCUT2D eigenvalue weighted by molar-refractivity contribution is -0.142. The van der Waals surface area contributed by atoms with E-state index in [1.807, 2.05) is 0 Å². The summed E-state index contributed by atoms with van der Waals surface area (Å²) < 4.78 is 15.4. The summed E-state index contributed by atoms with van der Waals surface area (Å²) in [5.74, 6) is 1.10. The van der Waals surface area contributed by atoms with Gasteiger partial charge in [0.05, 0.1) is 12.4 Å². The molecule has 2 aliphatic rings. The SMILES string of the molecule is COC1CSC2=C(CCOC2=O)O1. The first-order valence-electron chi connectivity index (χ1n) is 4.04. The molecule has 1 unspecified atom stereocenters. The van der Waals surface area contributed by atoms with E-state index < -0.39 is 0 Å². The Balaban J connectivity index is 2.16. The average molecular weight is 202 g/mol. The number of carbonyl (C=O) groups excluding carboxylic acids is 1. The molecule has 0 N–H and O–H groups in total. The standard InChI is InChI=1S/C8H10O4S/c1-10-6-4-13-7-5(12-6)2-3-11-8(7)9/h6H,2-4H2,1H3. The second-order valence-corrected chi connectivity index (χ2v) is 3.76. The number of ether oxygens (including phenoxy) is 3. The predicted molar refractivity (Wildman–Crippen MR) is 46.9 cm³/mol. The Morgan fingerprint density at radius 2 is 2.46 bits per heavy atom. The average Bonchev–Trinajstić information content (AvgIpc) is 2.18. The summed E-state index contributed by atoms with van der Waals surface area (Å²) in [6.45, 7) is 0.411. The van der Waals surface area contributed by atoms with Crippen molar-refractivity contribution in [3.8, 4) is 0 Å². The van der Waals surface area contributed by atoms with Gasteiger partial charge in [-0.3, -0.25) is 0 Å². The van der Waals surface area contributed by atoms with Gasteiger partial charge in [0.15, 0.2) is 0 Å². The largest absolute Gasteiger partial charge is 0.467 e. The van der Waals surface area contributed by atoms with Crippen LogP contribution in [0.3, 0.4) is 0 Å². The summed E-state index contributed by atoms with van der Waals surface area (Å²) in [5.41, 5.74) is 0. The van der Waals surface area contributed by atoms with Crippen LogP contribution < -0.4 is 0 Å². The molecule has 2 heterocycles. The van der Waals surface area contributed by atoms with Crippen molar-refractivity contribution in [1.29, 1.82) is 0 Å². The third kappa shape index (κ3) is 1.66. The molecule has 0 fully saturated rings. The fourth-order valence-corrected chi connectivity index (χ4v) is 2.24. The second kappa shape index (κ2) is 3.59. The Morgan fingerprint density at radius 3 is 3.23 bits per heavy atom. The molecule has 0 spiro atoms. The molecular weight excluding hydrogens is 192 g/mol. The molecule has 0 aromatic rings. The van der Waals surface area contributed by atoms with E-state index in [9.17, 15) is 4.79 Å². The van der Waals surface area contributed by atoms with Crippen LogP contribution >= 0.6 is 11.8 Å². The maximum Gasteiger partial charge on any atom is 0.348 e. The molecular formula is C8H10O4S. The number of esters is 1. The van der Waals surface area contributed by atoms with Gasteiger partial charge in [-0.05, 0) is 0 Å². The third-order valence-corrected chi connectivity index (χ3v) is 3.02. The molecule has 5 heteroatoms. The Morgan fingerprint density at radius 1 is 1.62 bits per heavy atom.